The summed E-state index contributed by atoms with van der Waals surface area (Å²) in [6.07, 6.45) is 0. The number of ether oxygens (including phenoxy) is 3. The third-order valence-corrected chi connectivity index (χ3v) is 5.36. The maximum atomic E-state index is 12.7. The minimum Gasteiger partial charge on any atom is -0.454 e. The average molecular weight is 346 g/mol. The number of benzene rings is 1. The van der Waals surface area contributed by atoms with Crippen molar-refractivity contribution in [3.63, 3.8) is 0 Å². The first-order valence-electron chi connectivity index (χ1n) is 8.57. The zero-order chi connectivity index (χ0) is 17.6. The fraction of sp³-hybridized carbons (Fsp3) is 0.556. The van der Waals surface area contributed by atoms with Gasteiger partial charge in [-0.3, -0.25) is 14.5 Å². The van der Waals surface area contributed by atoms with Crippen molar-refractivity contribution in [3.05, 3.63) is 23.8 Å². The highest BCUT2D eigenvalue weighted by Gasteiger charge is 2.41. The second-order valence-electron chi connectivity index (χ2n) is 6.90. The predicted molar refractivity (Wildman–Crippen MR) is 88.8 cm³/mol. The van der Waals surface area contributed by atoms with Crippen LogP contribution in [0.25, 0.3) is 0 Å². The second-order valence-corrected chi connectivity index (χ2v) is 6.90. The van der Waals surface area contributed by atoms with Crippen molar-refractivity contribution in [3.8, 4) is 11.5 Å². The number of likely N-dealkylation sites (tertiary alicyclic amines) is 1. The van der Waals surface area contributed by atoms with E-state index in [2.05, 4.69) is 4.90 Å². The lowest BCUT2D eigenvalue weighted by molar-refractivity contribution is -0.149. The zero-order valence-electron chi connectivity index (χ0n) is 14.4. The van der Waals surface area contributed by atoms with Gasteiger partial charge in [0.1, 0.15) is 0 Å². The van der Waals surface area contributed by atoms with Gasteiger partial charge in [0, 0.05) is 25.7 Å². The van der Waals surface area contributed by atoms with Crippen LogP contribution in [-0.4, -0.2) is 73.7 Å². The Morgan fingerprint density at radius 2 is 1.92 bits per heavy atom. The molecule has 1 amide bonds. The standard InChI is InChI=1S/C18H22N2O5/c1-11(17(21)12-3-4-15-16(5-12)25-10-24-15)19(2)18(22)13-6-20(7-13)14-8-23-9-14/h3-5,11,13-14H,6-10H2,1-2H3. The van der Waals surface area contributed by atoms with Gasteiger partial charge in [0.15, 0.2) is 17.3 Å². The molecule has 0 saturated carbocycles. The third kappa shape index (κ3) is 2.87. The predicted octanol–water partition coefficient (Wildman–Crippen LogP) is 0.775. The molecule has 2 saturated heterocycles. The molecule has 3 aliphatic rings. The van der Waals surface area contributed by atoms with Gasteiger partial charge in [0.05, 0.1) is 31.2 Å². The average Bonchev–Trinajstić information content (AvgIpc) is 3.00. The second kappa shape index (κ2) is 6.31. The Balaban J connectivity index is 1.37. The Kier molecular flexibility index (Phi) is 4.13. The number of carbonyl (C=O) groups excluding carboxylic acids is 2. The molecule has 7 heteroatoms. The summed E-state index contributed by atoms with van der Waals surface area (Å²) in [5.74, 6) is 1.11. The summed E-state index contributed by atoms with van der Waals surface area (Å²) >= 11 is 0. The van der Waals surface area contributed by atoms with Gasteiger partial charge in [0.25, 0.3) is 0 Å². The van der Waals surface area contributed by atoms with Crippen LogP contribution in [0.2, 0.25) is 0 Å². The number of likely N-dealkylation sites (N-methyl/N-ethyl adjacent to an activating group) is 1. The molecule has 3 aliphatic heterocycles. The molecule has 1 aromatic carbocycles. The van der Waals surface area contributed by atoms with E-state index < -0.39 is 6.04 Å². The smallest absolute Gasteiger partial charge is 0.231 e. The van der Waals surface area contributed by atoms with Crippen LogP contribution >= 0.6 is 0 Å². The number of carbonyl (C=O) groups is 2. The van der Waals surface area contributed by atoms with Gasteiger partial charge in [-0.1, -0.05) is 0 Å². The first-order chi connectivity index (χ1) is 12.0. The van der Waals surface area contributed by atoms with Crippen molar-refractivity contribution in [2.24, 2.45) is 5.92 Å². The molecule has 0 aromatic heterocycles. The highest BCUT2D eigenvalue weighted by Crippen LogP contribution is 2.33. The Morgan fingerprint density at radius 1 is 1.20 bits per heavy atom. The third-order valence-electron chi connectivity index (χ3n) is 5.36. The number of ketones is 1. The maximum Gasteiger partial charge on any atom is 0.231 e. The Hall–Kier alpha value is -2.12. The van der Waals surface area contributed by atoms with Crippen molar-refractivity contribution in [2.45, 2.75) is 19.0 Å². The number of hydrogen-bond acceptors (Lipinski definition) is 6. The Morgan fingerprint density at radius 3 is 2.60 bits per heavy atom. The first-order valence-corrected chi connectivity index (χ1v) is 8.57. The van der Waals surface area contributed by atoms with Crippen molar-refractivity contribution >= 4 is 11.7 Å². The highest BCUT2D eigenvalue weighted by molar-refractivity contribution is 6.02. The zero-order valence-corrected chi connectivity index (χ0v) is 14.4. The minimum absolute atomic E-state index is 0.0260. The molecule has 0 radical (unpaired) electrons. The van der Waals surface area contributed by atoms with E-state index in [0.29, 0.717) is 23.1 Å². The number of Topliss-reactive ketones (excluding diaryl/α,β-unsaturated/α-hetero) is 1. The minimum atomic E-state index is -0.519. The first kappa shape index (κ1) is 16.4. The van der Waals surface area contributed by atoms with Gasteiger partial charge in [-0.25, -0.2) is 0 Å². The number of hydrogen-bond donors (Lipinski definition) is 0. The molecular weight excluding hydrogens is 324 g/mol. The normalized spacial score (nSPS) is 21.4. The van der Waals surface area contributed by atoms with E-state index >= 15 is 0 Å². The topological polar surface area (TPSA) is 68.3 Å². The van der Waals surface area contributed by atoms with E-state index in [1.807, 2.05) is 0 Å². The Bertz CT molecular complexity index is 697. The largest absolute Gasteiger partial charge is 0.454 e. The molecule has 4 rings (SSSR count). The fourth-order valence-electron chi connectivity index (χ4n) is 3.35. The summed E-state index contributed by atoms with van der Waals surface area (Å²) in [6, 6.07) is 5.07. The van der Waals surface area contributed by atoms with Crippen LogP contribution in [0.4, 0.5) is 0 Å². The number of rotatable bonds is 5. The van der Waals surface area contributed by atoms with E-state index in [1.165, 1.54) is 0 Å². The van der Waals surface area contributed by atoms with Crippen LogP contribution in [-0.2, 0) is 9.53 Å². The highest BCUT2D eigenvalue weighted by atomic mass is 16.7. The number of fused-ring (bicyclic) bond motifs is 1. The molecule has 1 atom stereocenters. The SMILES string of the molecule is CC(C(=O)c1ccc2c(c1)OCO2)N(C)C(=O)C1CN(C2COC2)C1. The fourth-order valence-corrected chi connectivity index (χ4v) is 3.35. The lowest BCUT2D eigenvalue weighted by Crippen LogP contribution is -2.63. The molecule has 0 N–H and O–H groups in total. The van der Waals surface area contributed by atoms with Gasteiger partial charge in [-0.05, 0) is 25.1 Å². The van der Waals surface area contributed by atoms with Crippen LogP contribution in [0.1, 0.15) is 17.3 Å². The molecule has 25 heavy (non-hydrogen) atoms. The summed E-state index contributed by atoms with van der Waals surface area (Å²) in [6.45, 7) is 4.96. The maximum absolute atomic E-state index is 12.7. The van der Waals surface area contributed by atoms with E-state index in [9.17, 15) is 9.59 Å². The molecule has 2 fully saturated rings. The summed E-state index contributed by atoms with van der Waals surface area (Å²) in [7, 11) is 1.70. The molecular formula is C18H22N2O5. The van der Waals surface area contributed by atoms with Gasteiger partial charge in [-0.15, -0.1) is 0 Å². The van der Waals surface area contributed by atoms with Gasteiger partial charge >= 0.3 is 0 Å². The van der Waals surface area contributed by atoms with E-state index in [1.54, 1.807) is 37.1 Å². The van der Waals surface area contributed by atoms with Gasteiger partial charge < -0.3 is 19.1 Å². The van der Waals surface area contributed by atoms with E-state index in [4.69, 9.17) is 14.2 Å². The monoisotopic (exact) mass is 346 g/mol. The van der Waals surface area contributed by atoms with Crippen LogP contribution in [0.15, 0.2) is 18.2 Å². The number of nitrogens with zero attached hydrogens (tertiary/aromatic N) is 2. The summed E-state index contributed by atoms with van der Waals surface area (Å²) in [5.41, 5.74) is 0.526. The lowest BCUT2D eigenvalue weighted by atomic mass is 9.94. The van der Waals surface area contributed by atoms with E-state index in [0.717, 1.165) is 26.3 Å². The van der Waals surface area contributed by atoms with E-state index in [-0.39, 0.29) is 24.4 Å². The molecule has 0 spiro atoms. The van der Waals surface area contributed by atoms with Crippen LogP contribution in [0, 0.1) is 5.92 Å². The summed E-state index contributed by atoms with van der Waals surface area (Å²) in [4.78, 5) is 29.2. The van der Waals surface area contributed by atoms with Gasteiger partial charge in [0.2, 0.25) is 12.7 Å². The van der Waals surface area contributed by atoms with Crippen LogP contribution in [0.3, 0.4) is 0 Å². The summed E-state index contributed by atoms with van der Waals surface area (Å²) < 4.78 is 15.8. The van der Waals surface area contributed by atoms with Crippen molar-refractivity contribution in [2.75, 3.05) is 40.1 Å². The van der Waals surface area contributed by atoms with Gasteiger partial charge in [-0.2, -0.15) is 0 Å². The van der Waals surface area contributed by atoms with Crippen LogP contribution in [0.5, 0.6) is 11.5 Å². The van der Waals surface area contributed by atoms with Crippen molar-refractivity contribution in [1.29, 1.82) is 0 Å². The van der Waals surface area contributed by atoms with Crippen LogP contribution < -0.4 is 9.47 Å². The van der Waals surface area contributed by atoms with Crippen molar-refractivity contribution in [1.82, 2.24) is 9.80 Å². The summed E-state index contributed by atoms with van der Waals surface area (Å²) in [5, 5.41) is 0. The molecule has 0 aliphatic carbocycles. The van der Waals surface area contributed by atoms with Crippen molar-refractivity contribution < 1.29 is 23.8 Å². The molecule has 1 unspecified atom stereocenters. The molecule has 7 nitrogen and oxygen atoms in total. The number of amides is 1. The quantitative estimate of drug-likeness (QED) is 0.734. The molecule has 134 valence electrons. The molecule has 0 bridgehead atoms. The molecule has 1 aromatic rings. The molecule has 3 heterocycles. The Labute approximate surface area is 146 Å². The lowest BCUT2D eigenvalue weighted by Gasteiger charge is -2.47.